The molecule has 1 amide bonds. The molecule has 5 rings (SSSR count). The second kappa shape index (κ2) is 6.22. The van der Waals surface area contributed by atoms with Gasteiger partial charge in [-0.15, -0.1) is 0 Å². The molecule has 0 bridgehead atoms. The van der Waals surface area contributed by atoms with E-state index < -0.39 is 0 Å². The highest BCUT2D eigenvalue weighted by molar-refractivity contribution is 5.70. The van der Waals surface area contributed by atoms with Crippen molar-refractivity contribution in [2.45, 2.75) is 37.7 Å². The number of likely N-dealkylation sites (N-methyl/N-ethyl adjacent to an activating group) is 1. The molecule has 2 aromatic rings. The fourth-order valence-electron chi connectivity index (χ4n) is 4.57. The molecule has 6 nitrogen and oxygen atoms in total. The van der Waals surface area contributed by atoms with E-state index in [1.165, 1.54) is 11.3 Å². The number of piperidine rings is 1. The third-order valence-electron chi connectivity index (χ3n) is 6.06. The van der Waals surface area contributed by atoms with Crippen LogP contribution in [0, 0.1) is 0 Å². The highest BCUT2D eigenvalue weighted by atomic mass is 16.6. The van der Waals surface area contributed by atoms with Crippen molar-refractivity contribution in [2.24, 2.45) is 0 Å². The maximum Gasteiger partial charge on any atom is 0.410 e. The Morgan fingerprint density at radius 2 is 1.85 bits per heavy atom. The predicted molar refractivity (Wildman–Crippen MR) is 103 cm³/mol. The standard InChI is InChI=1S/C21H24N4O2/c1-24-14-21(27-20(24)26)10-12-25(13-11-21)19-16-8-5-9-17(16)22-18(23-19)15-6-3-2-4-7-15/h2-4,6-7H,5,8-14H2,1H3. The maximum absolute atomic E-state index is 11.8. The highest BCUT2D eigenvalue weighted by Crippen LogP contribution is 2.37. The van der Waals surface area contributed by atoms with Crippen LogP contribution in [0.4, 0.5) is 10.6 Å². The van der Waals surface area contributed by atoms with Crippen molar-refractivity contribution in [1.82, 2.24) is 14.9 Å². The summed E-state index contributed by atoms with van der Waals surface area (Å²) >= 11 is 0. The average molecular weight is 364 g/mol. The number of nitrogens with zero attached hydrogens (tertiary/aromatic N) is 4. The van der Waals surface area contributed by atoms with Crippen LogP contribution in [0.3, 0.4) is 0 Å². The second-order valence-corrected chi connectivity index (χ2v) is 7.91. The minimum absolute atomic E-state index is 0.197. The molecule has 27 heavy (non-hydrogen) atoms. The molecular weight excluding hydrogens is 340 g/mol. The zero-order valence-corrected chi connectivity index (χ0v) is 15.6. The van der Waals surface area contributed by atoms with Crippen molar-refractivity contribution >= 4 is 11.9 Å². The van der Waals surface area contributed by atoms with E-state index in [-0.39, 0.29) is 11.7 Å². The first-order valence-corrected chi connectivity index (χ1v) is 9.78. The van der Waals surface area contributed by atoms with Crippen LogP contribution in [0.15, 0.2) is 30.3 Å². The molecule has 1 aliphatic carbocycles. The number of hydrogen-bond donors (Lipinski definition) is 0. The first-order valence-electron chi connectivity index (χ1n) is 9.78. The normalized spacial score (nSPS) is 20.9. The number of aromatic nitrogens is 2. The predicted octanol–water partition coefficient (Wildman–Crippen LogP) is 3.05. The number of rotatable bonds is 2. The topological polar surface area (TPSA) is 58.6 Å². The number of amides is 1. The van der Waals surface area contributed by atoms with Crippen LogP contribution in [0.1, 0.15) is 30.5 Å². The first kappa shape index (κ1) is 16.5. The van der Waals surface area contributed by atoms with Crippen molar-refractivity contribution in [1.29, 1.82) is 0 Å². The molecule has 0 unspecified atom stereocenters. The summed E-state index contributed by atoms with van der Waals surface area (Å²) in [5.74, 6) is 1.91. The molecule has 2 saturated heterocycles. The van der Waals surface area contributed by atoms with Gasteiger partial charge in [-0.25, -0.2) is 14.8 Å². The summed E-state index contributed by atoms with van der Waals surface area (Å²) in [6.45, 7) is 2.41. The minimum Gasteiger partial charge on any atom is -0.441 e. The van der Waals surface area contributed by atoms with E-state index >= 15 is 0 Å². The fourth-order valence-corrected chi connectivity index (χ4v) is 4.57. The van der Waals surface area contributed by atoms with Crippen LogP contribution >= 0.6 is 0 Å². The molecular formula is C21H24N4O2. The Balaban J connectivity index is 1.44. The van der Waals surface area contributed by atoms with Crippen molar-refractivity contribution in [3.63, 3.8) is 0 Å². The van der Waals surface area contributed by atoms with E-state index in [0.717, 1.165) is 62.4 Å². The second-order valence-electron chi connectivity index (χ2n) is 7.91. The molecule has 3 heterocycles. The van der Waals surface area contributed by atoms with Crippen molar-refractivity contribution < 1.29 is 9.53 Å². The Hall–Kier alpha value is -2.63. The number of ether oxygens (including phenoxy) is 1. The van der Waals surface area contributed by atoms with Crippen LogP contribution in [0.5, 0.6) is 0 Å². The molecule has 140 valence electrons. The Morgan fingerprint density at radius 1 is 1.07 bits per heavy atom. The van der Waals surface area contributed by atoms with Gasteiger partial charge in [0.25, 0.3) is 0 Å². The zero-order chi connectivity index (χ0) is 18.4. The van der Waals surface area contributed by atoms with Gasteiger partial charge in [0.15, 0.2) is 5.82 Å². The van der Waals surface area contributed by atoms with Gasteiger partial charge in [0, 0.05) is 49.8 Å². The summed E-state index contributed by atoms with van der Waals surface area (Å²) in [5, 5.41) is 0. The van der Waals surface area contributed by atoms with Gasteiger partial charge in [-0.1, -0.05) is 30.3 Å². The lowest BCUT2D eigenvalue weighted by Gasteiger charge is -2.38. The molecule has 2 aliphatic heterocycles. The Morgan fingerprint density at radius 3 is 2.56 bits per heavy atom. The highest BCUT2D eigenvalue weighted by Gasteiger charge is 2.46. The van der Waals surface area contributed by atoms with Crippen LogP contribution in [-0.4, -0.2) is 53.2 Å². The number of hydrogen-bond acceptors (Lipinski definition) is 5. The Labute approximate surface area is 159 Å². The molecule has 1 aromatic carbocycles. The number of aryl methyl sites for hydroxylation is 1. The average Bonchev–Trinajstić information content (AvgIpc) is 3.27. The molecule has 3 aliphatic rings. The third-order valence-corrected chi connectivity index (χ3v) is 6.06. The lowest BCUT2D eigenvalue weighted by Crippen LogP contribution is -2.47. The minimum atomic E-state index is -0.319. The molecule has 0 atom stereocenters. The number of anilines is 1. The number of carbonyl (C=O) groups is 1. The van der Waals surface area contributed by atoms with Crippen LogP contribution in [0.2, 0.25) is 0 Å². The van der Waals surface area contributed by atoms with E-state index in [2.05, 4.69) is 17.0 Å². The van der Waals surface area contributed by atoms with E-state index in [1.807, 2.05) is 25.2 Å². The monoisotopic (exact) mass is 364 g/mol. The summed E-state index contributed by atoms with van der Waals surface area (Å²) in [6, 6.07) is 10.2. The lowest BCUT2D eigenvalue weighted by atomic mass is 9.91. The van der Waals surface area contributed by atoms with Gasteiger partial charge in [-0.2, -0.15) is 0 Å². The summed E-state index contributed by atoms with van der Waals surface area (Å²) in [7, 11) is 1.81. The molecule has 1 spiro atoms. The lowest BCUT2D eigenvalue weighted by molar-refractivity contribution is 0.0365. The van der Waals surface area contributed by atoms with Crippen LogP contribution in [-0.2, 0) is 17.6 Å². The van der Waals surface area contributed by atoms with Crippen molar-refractivity contribution in [3.8, 4) is 11.4 Å². The van der Waals surface area contributed by atoms with Gasteiger partial charge in [-0.3, -0.25) is 0 Å². The van der Waals surface area contributed by atoms with E-state index in [0.29, 0.717) is 6.54 Å². The summed E-state index contributed by atoms with van der Waals surface area (Å²) in [4.78, 5) is 25.7. The molecule has 0 saturated carbocycles. The van der Waals surface area contributed by atoms with Gasteiger partial charge < -0.3 is 14.5 Å². The summed E-state index contributed by atoms with van der Waals surface area (Å²) < 4.78 is 5.70. The molecule has 0 radical (unpaired) electrons. The Kier molecular flexibility index (Phi) is 3.81. The number of fused-ring (bicyclic) bond motifs is 1. The summed E-state index contributed by atoms with van der Waals surface area (Å²) in [5.41, 5.74) is 3.26. The third kappa shape index (κ3) is 2.83. The maximum atomic E-state index is 11.8. The van der Waals surface area contributed by atoms with E-state index in [9.17, 15) is 4.79 Å². The first-order chi connectivity index (χ1) is 13.1. The van der Waals surface area contributed by atoms with Gasteiger partial charge in [0.2, 0.25) is 0 Å². The van der Waals surface area contributed by atoms with Gasteiger partial charge in [0.05, 0.1) is 6.54 Å². The molecule has 0 N–H and O–H groups in total. The molecule has 6 heteroatoms. The van der Waals surface area contributed by atoms with Gasteiger partial charge in [0.1, 0.15) is 11.4 Å². The number of benzene rings is 1. The van der Waals surface area contributed by atoms with Crippen molar-refractivity contribution in [2.75, 3.05) is 31.6 Å². The fraction of sp³-hybridized carbons (Fsp3) is 0.476. The molecule has 2 fully saturated rings. The van der Waals surface area contributed by atoms with E-state index in [1.54, 1.807) is 4.90 Å². The number of carbonyl (C=O) groups excluding carboxylic acids is 1. The SMILES string of the molecule is CN1CC2(CCN(c3nc(-c4ccccc4)nc4c3CCC4)CC2)OC1=O. The van der Waals surface area contributed by atoms with Crippen molar-refractivity contribution in [3.05, 3.63) is 41.6 Å². The van der Waals surface area contributed by atoms with Gasteiger partial charge >= 0.3 is 6.09 Å². The van der Waals surface area contributed by atoms with Gasteiger partial charge in [-0.05, 0) is 19.3 Å². The largest absolute Gasteiger partial charge is 0.441 e. The van der Waals surface area contributed by atoms with Crippen LogP contribution < -0.4 is 4.90 Å². The quantitative estimate of drug-likeness (QED) is 0.820. The Bertz CT molecular complexity index is 875. The molecule has 1 aromatic heterocycles. The van der Waals surface area contributed by atoms with Crippen LogP contribution in [0.25, 0.3) is 11.4 Å². The zero-order valence-electron chi connectivity index (χ0n) is 15.6. The smallest absolute Gasteiger partial charge is 0.410 e. The summed E-state index contributed by atoms with van der Waals surface area (Å²) in [6.07, 6.45) is 4.74. The van der Waals surface area contributed by atoms with E-state index in [4.69, 9.17) is 14.7 Å².